The molecule has 0 unspecified atom stereocenters. The summed E-state index contributed by atoms with van der Waals surface area (Å²) >= 11 is 0. The molecule has 16 heavy (non-hydrogen) atoms. The van der Waals surface area contributed by atoms with Crippen molar-refractivity contribution < 1.29 is 14.6 Å². The van der Waals surface area contributed by atoms with Crippen LogP contribution < -0.4 is 10.6 Å². The lowest BCUT2D eigenvalue weighted by Gasteiger charge is -1.99. The minimum absolute atomic E-state index is 0.104. The molecule has 0 atom stereocenters. The Balaban J connectivity index is 2.52. The zero-order chi connectivity index (χ0) is 11.7. The number of carbonyl (C=O) groups is 1. The Bertz CT molecular complexity index is 545. The third kappa shape index (κ3) is 1.67. The van der Waals surface area contributed by atoms with Gasteiger partial charge in [0, 0.05) is 11.8 Å². The van der Waals surface area contributed by atoms with Crippen LogP contribution in [0.2, 0.25) is 0 Å². The number of carbonyl (C=O) groups excluding carboxylic acids is 1. The number of hydrogen-bond donors (Lipinski definition) is 2. The number of esters is 1. The molecule has 0 bridgehead atoms. The molecule has 5 nitrogen and oxygen atoms in total. The first-order valence-electron chi connectivity index (χ1n) is 4.91. The van der Waals surface area contributed by atoms with Crippen molar-refractivity contribution in [3.8, 4) is 11.5 Å². The van der Waals surface area contributed by atoms with Crippen LogP contribution in [0, 0.1) is 0 Å². The Kier molecular flexibility index (Phi) is 2.44. The molecule has 0 saturated heterocycles. The second-order valence-electron chi connectivity index (χ2n) is 3.43. The first-order valence-corrected chi connectivity index (χ1v) is 4.91. The molecule has 84 valence electrons. The number of nitrogens with zero attached hydrogens (tertiary/aromatic N) is 1. The topological polar surface area (TPSA) is 77.5 Å². The molecular formula is C11H12N2O3. The van der Waals surface area contributed by atoms with E-state index < -0.39 is 0 Å². The third-order valence-corrected chi connectivity index (χ3v) is 2.29. The fraction of sp³-hybridized carbons (Fsp3) is 0.182. The fourth-order valence-corrected chi connectivity index (χ4v) is 1.49. The van der Waals surface area contributed by atoms with Crippen LogP contribution in [-0.4, -0.2) is 15.8 Å². The van der Waals surface area contributed by atoms with Crippen LogP contribution in [0.3, 0.4) is 0 Å². The Morgan fingerprint density at radius 2 is 2.31 bits per heavy atom. The van der Waals surface area contributed by atoms with Gasteiger partial charge in [0.05, 0.1) is 11.7 Å². The first kappa shape index (κ1) is 10.4. The minimum atomic E-state index is -0.337. The van der Waals surface area contributed by atoms with Crippen molar-refractivity contribution in [1.29, 1.82) is 0 Å². The second kappa shape index (κ2) is 3.77. The van der Waals surface area contributed by atoms with E-state index in [1.807, 2.05) is 0 Å². The van der Waals surface area contributed by atoms with Gasteiger partial charge in [0.1, 0.15) is 5.75 Å². The summed E-state index contributed by atoms with van der Waals surface area (Å²) < 4.78 is 6.46. The zero-order valence-electron chi connectivity index (χ0n) is 8.80. The van der Waals surface area contributed by atoms with Crippen LogP contribution >= 0.6 is 0 Å². The van der Waals surface area contributed by atoms with Crippen LogP contribution in [0.4, 0.5) is 0 Å². The van der Waals surface area contributed by atoms with Crippen molar-refractivity contribution in [2.75, 3.05) is 5.84 Å². The molecule has 1 aromatic carbocycles. The van der Waals surface area contributed by atoms with Gasteiger partial charge in [-0.05, 0) is 18.2 Å². The summed E-state index contributed by atoms with van der Waals surface area (Å²) in [4.78, 5) is 11.2. The maximum Gasteiger partial charge on any atom is 0.310 e. The van der Waals surface area contributed by atoms with Gasteiger partial charge in [0.15, 0.2) is 5.75 Å². The summed E-state index contributed by atoms with van der Waals surface area (Å²) in [5.74, 6) is 5.82. The molecule has 0 saturated carbocycles. The highest BCUT2D eigenvalue weighted by molar-refractivity contribution is 5.90. The van der Waals surface area contributed by atoms with E-state index in [2.05, 4.69) is 0 Å². The van der Waals surface area contributed by atoms with Crippen molar-refractivity contribution >= 4 is 16.9 Å². The number of nitrogens with two attached hydrogens (primary N) is 1. The normalized spacial score (nSPS) is 10.6. The van der Waals surface area contributed by atoms with Gasteiger partial charge in [0.2, 0.25) is 0 Å². The van der Waals surface area contributed by atoms with Crippen LogP contribution in [0.5, 0.6) is 11.5 Å². The number of hydrogen-bond acceptors (Lipinski definition) is 4. The number of phenols is 1. The van der Waals surface area contributed by atoms with Gasteiger partial charge < -0.3 is 15.7 Å². The Morgan fingerprint density at radius 1 is 1.56 bits per heavy atom. The van der Waals surface area contributed by atoms with Crippen molar-refractivity contribution in [3.05, 3.63) is 24.4 Å². The summed E-state index contributed by atoms with van der Waals surface area (Å²) in [5, 5.41) is 9.98. The van der Waals surface area contributed by atoms with Crippen LogP contribution in [0.25, 0.3) is 10.9 Å². The molecular weight excluding hydrogens is 208 g/mol. The molecule has 2 aromatic rings. The minimum Gasteiger partial charge on any atom is -0.508 e. The van der Waals surface area contributed by atoms with E-state index in [1.165, 1.54) is 23.0 Å². The SMILES string of the molecule is CCC(=O)Oc1cn(N)c2ccc(O)cc12. The predicted octanol–water partition coefficient (Wildman–Crippen LogP) is 1.38. The standard InChI is InChI=1S/C11H12N2O3/c1-2-11(15)16-10-6-13(12)9-4-3-7(14)5-8(9)10/h3-6,14H,2,12H2,1H3. The smallest absolute Gasteiger partial charge is 0.310 e. The fourth-order valence-electron chi connectivity index (χ4n) is 1.49. The van der Waals surface area contributed by atoms with Crippen LogP contribution in [-0.2, 0) is 4.79 Å². The Morgan fingerprint density at radius 3 is 3.00 bits per heavy atom. The first-order chi connectivity index (χ1) is 7.61. The largest absolute Gasteiger partial charge is 0.508 e. The highest BCUT2D eigenvalue weighted by atomic mass is 16.5. The highest BCUT2D eigenvalue weighted by Gasteiger charge is 2.11. The molecule has 0 aliphatic carbocycles. The monoisotopic (exact) mass is 220 g/mol. The second-order valence-corrected chi connectivity index (χ2v) is 3.43. The number of aromatic nitrogens is 1. The van der Waals surface area contributed by atoms with Crippen molar-refractivity contribution in [3.63, 3.8) is 0 Å². The van der Waals surface area contributed by atoms with Gasteiger partial charge in [-0.3, -0.25) is 9.47 Å². The molecule has 3 N–H and O–H groups in total. The summed E-state index contributed by atoms with van der Waals surface area (Å²) in [6, 6.07) is 4.70. The van der Waals surface area contributed by atoms with Gasteiger partial charge in [0.25, 0.3) is 0 Å². The summed E-state index contributed by atoms with van der Waals surface area (Å²) in [6.07, 6.45) is 1.80. The lowest BCUT2D eigenvalue weighted by atomic mass is 10.2. The number of ether oxygens (including phenoxy) is 1. The highest BCUT2D eigenvalue weighted by Crippen LogP contribution is 2.29. The lowest BCUT2D eigenvalue weighted by Crippen LogP contribution is -2.06. The van der Waals surface area contributed by atoms with E-state index in [1.54, 1.807) is 13.0 Å². The molecule has 0 aliphatic heterocycles. The number of nitrogen functional groups attached to an aromatic ring is 1. The average molecular weight is 220 g/mol. The van der Waals surface area contributed by atoms with Crippen molar-refractivity contribution in [1.82, 2.24) is 4.68 Å². The summed E-state index contributed by atoms with van der Waals surface area (Å²) in [5.41, 5.74) is 0.691. The van der Waals surface area contributed by atoms with E-state index in [-0.39, 0.29) is 18.1 Å². The molecule has 1 heterocycles. The number of rotatable bonds is 2. The molecule has 0 aliphatic rings. The van der Waals surface area contributed by atoms with Crippen LogP contribution in [0.1, 0.15) is 13.3 Å². The molecule has 0 radical (unpaired) electrons. The number of fused-ring (bicyclic) bond motifs is 1. The van der Waals surface area contributed by atoms with Gasteiger partial charge in [-0.2, -0.15) is 0 Å². The quantitative estimate of drug-likeness (QED) is 0.592. The molecule has 5 heteroatoms. The lowest BCUT2D eigenvalue weighted by molar-refractivity contribution is -0.133. The molecule has 1 aromatic heterocycles. The zero-order valence-corrected chi connectivity index (χ0v) is 8.80. The summed E-state index contributed by atoms with van der Waals surface area (Å²) in [7, 11) is 0. The van der Waals surface area contributed by atoms with E-state index in [0.717, 1.165) is 0 Å². The maximum absolute atomic E-state index is 11.2. The van der Waals surface area contributed by atoms with E-state index in [0.29, 0.717) is 16.7 Å². The van der Waals surface area contributed by atoms with Gasteiger partial charge >= 0.3 is 5.97 Å². The van der Waals surface area contributed by atoms with Crippen LogP contribution in [0.15, 0.2) is 24.4 Å². The van der Waals surface area contributed by atoms with Gasteiger partial charge in [-0.25, -0.2) is 0 Å². The van der Waals surface area contributed by atoms with Crippen molar-refractivity contribution in [2.24, 2.45) is 0 Å². The van der Waals surface area contributed by atoms with E-state index in [4.69, 9.17) is 10.6 Å². The number of phenolic OH excluding ortho intramolecular Hbond substituents is 1. The predicted molar refractivity (Wildman–Crippen MR) is 59.7 cm³/mol. The maximum atomic E-state index is 11.2. The van der Waals surface area contributed by atoms with E-state index >= 15 is 0 Å². The number of benzene rings is 1. The number of aromatic hydroxyl groups is 1. The Hall–Kier alpha value is -2.17. The molecule has 0 fully saturated rings. The molecule has 2 rings (SSSR count). The van der Waals surface area contributed by atoms with Gasteiger partial charge in [-0.1, -0.05) is 6.92 Å². The average Bonchev–Trinajstić information content (AvgIpc) is 2.55. The van der Waals surface area contributed by atoms with Gasteiger partial charge in [-0.15, -0.1) is 0 Å². The molecule has 0 spiro atoms. The summed E-state index contributed by atoms with van der Waals surface area (Å²) in [6.45, 7) is 1.71. The van der Waals surface area contributed by atoms with E-state index in [9.17, 15) is 9.90 Å². The molecule has 0 amide bonds. The van der Waals surface area contributed by atoms with Crippen molar-refractivity contribution in [2.45, 2.75) is 13.3 Å². The Labute approximate surface area is 92.0 Å². The third-order valence-electron chi connectivity index (χ3n) is 2.29.